The molecule has 3 nitrogen and oxygen atoms in total. The monoisotopic (exact) mass is 248 g/mol. The summed E-state index contributed by atoms with van der Waals surface area (Å²) in [4.78, 5) is 10.2. The van der Waals surface area contributed by atoms with Crippen LogP contribution >= 0.6 is 0 Å². The Balaban J connectivity index is 2.36. The van der Waals surface area contributed by atoms with Crippen LogP contribution in [0, 0.1) is 0 Å². The van der Waals surface area contributed by atoms with Crippen molar-refractivity contribution in [3.05, 3.63) is 42.5 Å². The number of unbranched alkanes of at least 4 members (excludes halogenated alkanes) is 1. The van der Waals surface area contributed by atoms with Crippen LogP contribution < -0.4 is 4.74 Å². The highest BCUT2D eigenvalue weighted by Gasteiger charge is 2.04. The minimum Gasteiger partial charge on any atom is -0.497 e. The molecule has 0 aliphatic carbocycles. The van der Waals surface area contributed by atoms with Gasteiger partial charge in [0, 0.05) is 6.42 Å². The number of hydrogen-bond donors (Lipinski definition) is 0. The van der Waals surface area contributed by atoms with Gasteiger partial charge in [0.1, 0.15) is 12.0 Å². The van der Waals surface area contributed by atoms with Gasteiger partial charge in [-0.1, -0.05) is 18.2 Å². The van der Waals surface area contributed by atoms with E-state index in [9.17, 15) is 4.79 Å². The van der Waals surface area contributed by atoms with Gasteiger partial charge in [0.25, 0.3) is 0 Å². The zero-order valence-electron chi connectivity index (χ0n) is 10.8. The molecule has 0 unspecified atom stereocenters. The van der Waals surface area contributed by atoms with Gasteiger partial charge in [0.15, 0.2) is 0 Å². The van der Waals surface area contributed by atoms with Crippen molar-refractivity contribution >= 4 is 6.29 Å². The number of hydrogen-bond acceptors (Lipinski definition) is 3. The molecule has 0 spiro atoms. The molecule has 0 N–H and O–H groups in total. The van der Waals surface area contributed by atoms with E-state index in [1.54, 1.807) is 13.2 Å². The Morgan fingerprint density at radius 3 is 2.61 bits per heavy atom. The van der Waals surface area contributed by atoms with E-state index in [0.717, 1.165) is 30.4 Å². The number of aldehydes is 1. The molecule has 1 rings (SSSR count). The molecule has 18 heavy (non-hydrogen) atoms. The largest absolute Gasteiger partial charge is 0.497 e. The van der Waals surface area contributed by atoms with Crippen LogP contribution in [0.15, 0.2) is 36.9 Å². The summed E-state index contributed by atoms with van der Waals surface area (Å²) in [5.74, 6) is 0.838. The lowest BCUT2D eigenvalue weighted by molar-refractivity contribution is -0.108. The van der Waals surface area contributed by atoms with Crippen molar-refractivity contribution in [1.82, 2.24) is 0 Å². The van der Waals surface area contributed by atoms with Crippen LogP contribution in [-0.2, 0) is 16.1 Å². The molecule has 0 fully saturated rings. The van der Waals surface area contributed by atoms with Gasteiger partial charge in [0.2, 0.25) is 0 Å². The average Bonchev–Trinajstić information content (AvgIpc) is 2.43. The zero-order chi connectivity index (χ0) is 13.2. The molecule has 0 aliphatic heterocycles. The molecule has 0 aliphatic rings. The van der Waals surface area contributed by atoms with Crippen LogP contribution in [0.2, 0.25) is 0 Å². The maximum atomic E-state index is 10.2. The highest BCUT2D eigenvalue weighted by molar-refractivity contribution is 5.48. The predicted molar refractivity (Wildman–Crippen MR) is 71.7 cm³/mol. The zero-order valence-corrected chi connectivity index (χ0v) is 10.8. The molecule has 0 radical (unpaired) electrons. The first-order chi connectivity index (χ1) is 8.80. The Morgan fingerprint density at radius 1 is 1.33 bits per heavy atom. The number of methoxy groups -OCH3 is 1. The quantitative estimate of drug-likeness (QED) is 0.382. The minimum atomic E-state index is 0.00653. The molecule has 0 amide bonds. The first-order valence-electron chi connectivity index (χ1n) is 6.11. The highest BCUT2D eigenvalue weighted by Crippen LogP contribution is 2.14. The topological polar surface area (TPSA) is 35.5 Å². The third kappa shape index (κ3) is 5.15. The summed E-state index contributed by atoms with van der Waals surface area (Å²) >= 11 is 0. The van der Waals surface area contributed by atoms with Gasteiger partial charge in [-0.25, -0.2) is 0 Å². The molecule has 0 saturated heterocycles. The van der Waals surface area contributed by atoms with Gasteiger partial charge in [-0.2, -0.15) is 0 Å². The molecule has 1 aromatic rings. The normalized spacial score (nSPS) is 11.8. The van der Waals surface area contributed by atoms with Gasteiger partial charge in [-0.3, -0.25) is 0 Å². The molecular weight excluding hydrogens is 228 g/mol. The molecule has 1 atom stereocenters. The summed E-state index contributed by atoms with van der Waals surface area (Å²) in [6.07, 6.45) is 4.97. The van der Waals surface area contributed by atoms with Crippen LogP contribution in [0.25, 0.3) is 0 Å². The lowest BCUT2D eigenvalue weighted by Crippen LogP contribution is -2.09. The summed E-state index contributed by atoms with van der Waals surface area (Å²) in [7, 11) is 1.65. The van der Waals surface area contributed by atoms with Crippen LogP contribution in [0.5, 0.6) is 5.75 Å². The minimum absolute atomic E-state index is 0.00653. The number of carbonyl (C=O) groups is 1. The Labute approximate surface area is 108 Å². The third-order valence-corrected chi connectivity index (χ3v) is 2.70. The second-order valence-corrected chi connectivity index (χ2v) is 4.03. The second-order valence-electron chi connectivity index (χ2n) is 4.03. The van der Waals surface area contributed by atoms with Crippen molar-refractivity contribution in [3.8, 4) is 5.75 Å². The van der Waals surface area contributed by atoms with Crippen molar-refractivity contribution in [2.24, 2.45) is 0 Å². The molecular formula is C15H20O3. The fourth-order valence-corrected chi connectivity index (χ4v) is 1.60. The van der Waals surface area contributed by atoms with Gasteiger partial charge < -0.3 is 14.3 Å². The predicted octanol–water partition coefficient (Wildman–Crippen LogP) is 3.14. The van der Waals surface area contributed by atoms with Crippen molar-refractivity contribution in [1.29, 1.82) is 0 Å². The van der Waals surface area contributed by atoms with Gasteiger partial charge in [-0.15, -0.1) is 6.58 Å². The standard InChI is InChI=1S/C15H20O3/c1-3-14(6-4-5-11-16)18-12-13-7-9-15(17-2)10-8-13/h3,7-11,14H,1,4-6,12H2,2H3/t14-/m1/s1. The van der Waals surface area contributed by atoms with E-state index in [1.165, 1.54) is 0 Å². The van der Waals surface area contributed by atoms with Gasteiger partial charge in [0.05, 0.1) is 19.8 Å². The number of benzene rings is 1. The molecule has 3 heteroatoms. The summed E-state index contributed by atoms with van der Waals surface area (Å²) in [5, 5.41) is 0. The summed E-state index contributed by atoms with van der Waals surface area (Å²) in [6, 6.07) is 7.77. The van der Waals surface area contributed by atoms with E-state index in [2.05, 4.69) is 6.58 Å². The number of ether oxygens (including phenoxy) is 2. The third-order valence-electron chi connectivity index (χ3n) is 2.70. The summed E-state index contributed by atoms with van der Waals surface area (Å²) in [5.41, 5.74) is 1.10. The Morgan fingerprint density at radius 2 is 2.06 bits per heavy atom. The van der Waals surface area contributed by atoms with Crippen LogP contribution in [0.4, 0.5) is 0 Å². The molecule has 1 aromatic carbocycles. The lowest BCUT2D eigenvalue weighted by Gasteiger charge is -2.13. The van der Waals surface area contributed by atoms with Crippen LogP contribution in [0.3, 0.4) is 0 Å². The Bertz CT molecular complexity index is 357. The maximum Gasteiger partial charge on any atom is 0.119 e. The number of rotatable bonds is 9. The van der Waals surface area contributed by atoms with E-state index in [4.69, 9.17) is 9.47 Å². The van der Waals surface area contributed by atoms with E-state index in [-0.39, 0.29) is 6.10 Å². The van der Waals surface area contributed by atoms with Crippen LogP contribution in [0.1, 0.15) is 24.8 Å². The molecule has 0 bridgehead atoms. The highest BCUT2D eigenvalue weighted by atomic mass is 16.5. The van der Waals surface area contributed by atoms with E-state index >= 15 is 0 Å². The molecule has 0 saturated carbocycles. The van der Waals surface area contributed by atoms with E-state index in [1.807, 2.05) is 24.3 Å². The Hall–Kier alpha value is -1.61. The van der Waals surface area contributed by atoms with Crippen molar-refractivity contribution in [2.75, 3.05) is 7.11 Å². The SMILES string of the molecule is C=C[C@H](CCCC=O)OCc1ccc(OC)cc1. The average molecular weight is 248 g/mol. The molecule has 98 valence electrons. The summed E-state index contributed by atoms with van der Waals surface area (Å²) < 4.78 is 10.8. The fraction of sp³-hybridized carbons (Fsp3) is 0.400. The van der Waals surface area contributed by atoms with Crippen LogP contribution in [-0.4, -0.2) is 19.5 Å². The second kappa shape index (κ2) is 8.48. The summed E-state index contributed by atoms with van der Waals surface area (Å²) in [6.45, 7) is 4.29. The van der Waals surface area contributed by atoms with E-state index < -0.39 is 0 Å². The molecule has 0 aromatic heterocycles. The van der Waals surface area contributed by atoms with E-state index in [0.29, 0.717) is 13.0 Å². The fourth-order valence-electron chi connectivity index (χ4n) is 1.60. The van der Waals surface area contributed by atoms with Crippen molar-refractivity contribution < 1.29 is 14.3 Å². The maximum absolute atomic E-state index is 10.2. The van der Waals surface area contributed by atoms with Gasteiger partial charge in [-0.05, 0) is 30.5 Å². The van der Waals surface area contributed by atoms with Gasteiger partial charge >= 0.3 is 0 Å². The smallest absolute Gasteiger partial charge is 0.119 e. The number of carbonyl (C=O) groups excluding carboxylic acids is 1. The first-order valence-corrected chi connectivity index (χ1v) is 6.11. The van der Waals surface area contributed by atoms with Crippen molar-refractivity contribution in [3.63, 3.8) is 0 Å². The Kier molecular flexibility index (Phi) is 6.81. The first kappa shape index (κ1) is 14.5. The molecule has 0 heterocycles. The van der Waals surface area contributed by atoms with Crippen molar-refractivity contribution in [2.45, 2.75) is 32.0 Å². The lowest BCUT2D eigenvalue weighted by atomic mass is 10.1.